The van der Waals surface area contributed by atoms with E-state index in [0.29, 0.717) is 0 Å². The zero-order chi connectivity index (χ0) is 46.1. The minimum absolute atomic E-state index is 0.116. The topological polar surface area (TPSA) is 8.17 Å². The number of hydrogen-bond acceptors (Lipinski definition) is 1. The Bertz CT molecular complexity index is 3880. The third-order valence-corrected chi connectivity index (χ3v) is 14.6. The van der Waals surface area contributed by atoms with E-state index in [1.807, 2.05) is 0 Å². The molecule has 2 heteroatoms. The van der Waals surface area contributed by atoms with Crippen LogP contribution in [-0.2, 0) is 5.41 Å². The number of nitrogens with zero attached hydrogens (tertiary/aromatic N) is 2. The second kappa shape index (κ2) is 16.3. The van der Waals surface area contributed by atoms with Crippen molar-refractivity contribution in [1.82, 2.24) is 4.57 Å². The normalized spacial score (nSPS) is 12.6. The Kier molecular flexibility index (Phi) is 9.55. The van der Waals surface area contributed by atoms with Crippen LogP contribution in [0.15, 0.2) is 255 Å². The Labute approximate surface area is 403 Å². The molecule has 0 unspecified atom stereocenters. The number of rotatable bonds is 8. The van der Waals surface area contributed by atoms with Gasteiger partial charge in [-0.2, -0.15) is 0 Å². The van der Waals surface area contributed by atoms with E-state index in [2.05, 4.69) is 278 Å². The summed E-state index contributed by atoms with van der Waals surface area (Å²) >= 11 is 0. The third kappa shape index (κ3) is 6.79. The molecule has 1 aromatic heterocycles. The monoisotopic (exact) mass is 880 g/mol. The van der Waals surface area contributed by atoms with E-state index in [1.165, 1.54) is 99.3 Å². The molecule has 326 valence electrons. The first-order chi connectivity index (χ1) is 34.0. The molecule has 11 aromatic carbocycles. The molecule has 13 rings (SSSR count). The van der Waals surface area contributed by atoms with E-state index in [1.54, 1.807) is 0 Å². The molecule has 0 fully saturated rings. The van der Waals surface area contributed by atoms with Crippen molar-refractivity contribution in [2.45, 2.75) is 19.3 Å². The SMILES string of the molecule is CC1(C)c2ccccc2-c2ccc(N(c3ccc(-c4ccc(-c5c(-c6ccccc6)n(-c6ccccc6)c6ccc7ccccc7c56)cc4)cc3)c3ccc(-c4ccc5ccccc5c4)cc3)cc21. The second-order valence-electron chi connectivity index (χ2n) is 18.9. The molecular weight excluding hydrogens is 833 g/mol. The number of anilines is 3. The first kappa shape index (κ1) is 40.5. The molecule has 0 N–H and O–H groups in total. The molecule has 0 aliphatic heterocycles. The van der Waals surface area contributed by atoms with Gasteiger partial charge < -0.3 is 9.47 Å². The summed E-state index contributed by atoms with van der Waals surface area (Å²) < 4.78 is 2.45. The average Bonchev–Trinajstić information content (AvgIpc) is 3.88. The molecule has 1 aliphatic rings. The molecular formula is C67H48N2. The van der Waals surface area contributed by atoms with Crippen LogP contribution in [0.1, 0.15) is 25.0 Å². The maximum atomic E-state index is 2.45. The van der Waals surface area contributed by atoms with E-state index in [4.69, 9.17) is 0 Å². The van der Waals surface area contributed by atoms with Crippen LogP contribution >= 0.6 is 0 Å². The fourth-order valence-electron chi connectivity index (χ4n) is 11.1. The molecule has 0 amide bonds. The number of aromatic nitrogens is 1. The summed E-state index contributed by atoms with van der Waals surface area (Å²) in [6, 6.07) is 93.6. The van der Waals surface area contributed by atoms with Crippen LogP contribution in [-0.4, -0.2) is 4.57 Å². The smallest absolute Gasteiger partial charge is 0.0619 e. The number of benzene rings is 11. The van der Waals surface area contributed by atoms with Crippen LogP contribution in [0.25, 0.3) is 93.9 Å². The molecule has 1 aliphatic carbocycles. The van der Waals surface area contributed by atoms with Crippen LogP contribution in [0, 0.1) is 0 Å². The molecule has 69 heavy (non-hydrogen) atoms. The largest absolute Gasteiger partial charge is 0.310 e. The van der Waals surface area contributed by atoms with Gasteiger partial charge in [-0.05, 0) is 138 Å². The summed E-state index contributed by atoms with van der Waals surface area (Å²) in [4.78, 5) is 2.41. The molecule has 12 aromatic rings. The van der Waals surface area contributed by atoms with Crippen LogP contribution < -0.4 is 4.90 Å². The van der Waals surface area contributed by atoms with Gasteiger partial charge in [0.25, 0.3) is 0 Å². The van der Waals surface area contributed by atoms with Crippen molar-refractivity contribution in [3.8, 4) is 61.5 Å². The first-order valence-corrected chi connectivity index (χ1v) is 24.0. The van der Waals surface area contributed by atoms with Crippen LogP contribution in [0.3, 0.4) is 0 Å². The first-order valence-electron chi connectivity index (χ1n) is 24.0. The Morgan fingerprint density at radius 3 is 1.59 bits per heavy atom. The molecule has 0 spiro atoms. The minimum atomic E-state index is -0.116. The predicted octanol–water partition coefficient (Wildman–Crippen LogP) is 18.4. The predicted molar refractivity (Wildman–Crippen MR) is 292 cm³/mol. The maximum absolute atomic E-state index is 2.45. The standard InChI is InChI=1S/C67H48N2/c1-67(2)61-24-14-13-23-59(61)60-41-40-57(44-62(60)67)68(56-38-33-48(34-39-56)53-30-27-45-15-9-10-19-52(45)43-53)55-36-31-47(32-37-55)46-25-28-50(29-26-46)64-65-58-22-12-11-16-49(58)35-42-63(65)69(54-20-7-4-8-21-54)66(64)51-17-5-3-6-18-51/h3-44H,1-2H3. The highest BCUT2D eigenvalue weighted by molar-refractivity contribution is 6.18. The zero-order valence-corrected chi connectivity index (χ0v) is 38.6. The van der Waals surface area contributed by atoms with Crippen molar-refractivity contribution in [2.24, 2.45) is 0 Å². The highest BCUT2D eigenvalue weighted by atomic mass is 15.1. The lowest BCUT2D eigenvalue weighted by Gasteiger charge is -2.28. The molecule has 0 atom stereocenters. The Balaban J connectivity index is 0.903. The van der Waals surface area contributed by atoms with Gasteiger partial charge in [0.15, 0.2) is 0 Å². The van der Waals surface area contributed by atoms with E-state index >= 15 is 0 Å². The molecule has 2 nitrogen and oxygen atoms in total. The van der Waals surface area contributed by atoms with Gasteiger partial charge in [-0.1, -0.05) is 208 Å². The van der Waals surface area contributed by atoms with Gasteiger partial charge in [-0.15, -0.1) is 0 Å². The van der Waals surface area contributed by atoms with Crippen molar-refractivity contribution >= 4 is 49.5 Å². The van der Waals surface area contributed by atoms with Gasteiger partial charge >= 0.3 is 0 Å². The highest BCUT2D eigenvalue weighted by Crippen LogP contribution is 2.51. The molecule has 0 radical (unpaired) electrons. The molecule has 1 heterocycles. The molecule has 0 bridgehead atoms. The van der Waals surface area contributed by atoms with Crippen molar-refractivity contribution < 1.29 is 0 Å². The van der Waals surface area contributed by atoms with Crippen molar-refractivity contribution in [3.63, 3.8) is 0 Å². The lowest BCUT2D eigenvalue weighted by molar-refractivity contribution is 0.660. The third-order valence-electron chi connectivity index (χ3n) is 14.6. The Morgan fingerprint density at radius 1 is 0.348 bits per heavy atom. The van der Waals surface area contributed by atoms with E-state index < -0.39 is 0 Å². The Morgan fingerprint density at radius 2 is 0.870 bits per heavy atom. The van der Waals surface area contributed by atoms with Crippen molar-refractivity contribution in [3.05, 3.63) is 266 Å². The number of hydrogen-bond donors (Lipinski definition) is 0. The van der Waals surface area contributed by atoms with E-state index in [0.717, 1.165) is 22.7 Å². The summed E-state index contributed by atoms with van der Waals surface area (Å²) in [6.07, 6.45) is 0. The van der Waals surface area contributed by atoms with Crippen LogP contribution in [0.4, 0.5) is 17.1 Å². The number of fused-ring (bicyclic) bond motifs is 7. The van der Waals surface area contributed by atoms with Crippen LogP contribution in [0.2, 0.25) is 0 Å². The lowest BCUT2D eigenvalue weighted by Crippen LogP contribution is -2.16. The fraction of sp³-hybridized carbons (Fsp3) is 0.0448. The quantitative estimate of drug-likeness (QED) is 0.148. The minimum Gasteiger partial charge on any atom is -0.310 e. The molecule has 0 saturated heterocycles. The van der Waals surface area contributed by atoms with E-state index in [9.17, 15) is 0 Å². The van der Waals surface area contributed by atoms with Gasteiger partial charge in [-0.3, -0.25) is 0 Å². The van der Waals surface area contributed by atoms with Crippen molar-refractivity contribution in [2.75, 3.05) is 4.90 Å². The average molecular weight is 881 g/mol. The summed E-state index contributed by atoms with van der Waals surface area (Å²) in [5.74, 6) is 0. The lowest BCUT2D eigenvalue weighted by atomic mass is 9.82. The van der Waals surface area contributed by atoms with Crippen LogP contribution in [0.5, 0.6) is 0 Å². The van der Waals surface area contributed by atoms with Gasteiger partial charge in [0.1, 0.15) is 0 Å². The highest BCUT2D eigenvalue weighted by Gasteiger charge is 2.36. The van der Waals surface area contributed by atoms with Gasteiger partial charge in [0.2, 0.25) is 0 Å². The summed E-state index contributed by atoms with van der Waals surface area (Å²) in [5.41, 5.74) is 20.5. The zero-order valence-electron chi connectivity index (χ0n) is 38.6. The van der Waals surface area contributed by atoms with Gasteiger partial charge in [0.05, 0.1) is 11.2 Å². The van der Waals surface area contributed by atoms with Gasteiger partial charge in [0, 0.05) is 39.1 Å². The maximum Gasteiger partial charge on any atom is 0.0619 e. The van der Waals surface area contributed by atoms with Gasteiger partial charge in [-0.25, -0.2) is 0 Å². The summed E-state index contributed by atoms with van der Waals surface area (Å²) in [7, 11) is 0. The number of para-hydroxylation sites is 1. The summed E-state index contributed by atoms with van der Waals surface area (Å²) in [5, 5.41) is 6.25. The van der Waals surface area contributed by atoms with E-state index in [-0.39, 0.29) is 5.41 Å². The fourth-order valence-corrected chi connectivity index (χ4v) is 11.1. The second-order valence-corrected chi connectivity index (χ2v) is 18.9. The summed E-state index contributed by atoms with van der Waals surface area (Å²) in [6.45, 7) is 4.71. The molecule has 0 saturated carbocycles. The van der Waals surface area contributed by atoms with Crippen molar-refractivity contribution in [1.29, 1.82) is 0 Å². The Hall–Kier alpha value is -8.72.